The van der Waals surface area contributed by atoms with Crippen LogP contribution >= 0.6 is 0 Å². The summed E-state index contributed by atoms with van der Waals surface area (Å²) in [5, 5.41) is 2.14. The van der Waals surface area contributed by atoms with E-state index in [1.807, 2.05) is 24.3 Å². The highest BCUT2D eigenvalue weighted by Crippen LogP contribution is 2.34. The minimum Gasteiger partial charge on any atom is -0.490 e. The summed E-state index contributed by atoms with van der Waals surface area (Å²) in [4.78, 5) is 0. The van der Waals surface area contributed by atoms with Crippen molar-refractivity contribution in [3.8, 4) is 11.5 Å². The van der Waals surface area contributed by atoms with Crippen molar-refractivity contribution in [1.82, 2.24) is 0 Å². The number of hydrogen-bond donors (Lipinski definition) is 0. The predicted octanol–water partition coefficient (Wildman–Crippen LogP) is 2.40. The van der Waals surface area contributed by atoms with E-state index >= 15 is 0 Å². The summed E-state index contributed by atoms with van der Waals surface area (Å²) in [6.07, 6.45) is 0.522. The molecule has 2 aliphatic rings. The maximum Gasteiger partial charge on any atom is 0.127 e. The predicted molar refractivity (Wildman–Crippen MR) is 74.4 cm³/mol. The Morgan fingerprint density at radius 3 is 1.65 bits per heavy atom. The first-order valence-electron chi connectivity index (χ1n) is 6.91. The quantitative estimate of drug-likeness (QED) is 0.757. The number of fused-ring (bicyclic) bond motifs is 1. The van der Waals surface area contributed by atoms with Crippen molar-refractivity contribution >= 4 is 10.8 Å². The first kappa shape index (κ1) is 12.0. The molecule has 2 aromatic carbocycles. The Labute approximate surface area is 117 Å². The monoisotopic (exact) mass is 272 g/mol. The van der Waals surface area contributed by atoms with Gasteiger partial charge in [0.15, 0.2) is 0 Å². The lowest BCUT2D eigenvalue weighted by atomic mass is 10.1. The van der Waals surface area contributed by atoms with Crippen molar-refractivity contribution < 1.29 is 18.9 Å². The van der Waals surface area contributed by atoms with Gasteiger partial charge in [0.2, 0.25) is 0 Å². The second-order valence-electron chi connectivity index (χ2n) is 5.14. The largest absolute Gasteiger partial charge is 0.490 e. The van der Waals surface area contributed by atoms with Crippen LogP contribution in [0.3, 0.4) is 0 Å². The summed E-state index contributed by atoms with van der Waals surface area (Å²) in [6, 6.07) is 12.1. The van der Waals surface area contributed by atoms with Crippen molar-refractivity contribution in [1.29, 1.82) is 0 Å². The summed E-state index contributed by atoms with van der Waals surface area (Å²) in [5.74, 6) is 1.76. The first-order chi connectivity index (χ1) is 9.90. The van der Waals surface area contributed by atoms with Crippen molar-refractivity contribution in [2.24, 2.45) is 0 Å². The second-order valence-corrected chi connectivity index (χ2v) is 5.14. The molecule has 0 N–H and O–H groups in total. The van der Waals surface area contributed by atoms with Crippen LogP contribution in [0.25, 0.3) is 10.8 Å². The van der Waals surface area contributed by atoms with Crippen LogP contribution in [0.2, 0.25) is 0 Å². The molecule has 0 amide bonds. The SMILES string of the molecule is c1ccc2c(OC[C@@H]3CO3)ccc(OC[C@@H]3CO3)c2c1. The van der Waals surface area contributed by atoms with Crippen LogP contribution in [0.4, 0.5) is 0 Å². The number of hydrogen-bond acceptors (Lipinski definition) is 4. The normalized spacial score (nSPS) is 23.6. The maximum absolute atomic E-state index is 5.83. The standard InChI is InChI=1S/C16H16O4/c1-2-4-14-13(3-1)15(19-9-11-7-17-11)5-6-16(14)20-10-12-8-18-12/h1-6,11-12H,7-10H2/t11-,12-/m0/s1. The van der Waals surface area contributed by atoms with E-state index in [4.69, 9.17) is 18.9 Å². The average molecular weight is 272 g/mol. The van der Waals surface area contributed by atoms with Gasteiger partial charge in [-0.25, -0.2) is 0 Å². The summed E-state index contributed by atoms with van der Waals surface area (Å²) in [7, 11) is 0. The molecular weight excluding hydrogens is 256 g/mol. The summed E-state index contributed by atoms with van der Waals surface area (Å²) >= 11 is 0. The zero-order valence-electron chi connectivity index (χ0n) is 11.1. The molecule has 0 saturated carbocycles. The van der Waals surface area contributed by atoms with Crippen LogP contribution < -0.4 is 9.47 Å². The molecule has 0 unspecified atom stereocenters. The molecule has 0 aliphatic carbocycles. The van der Waals surface area contributed by atoms with Gasteiger partial charge in [0.1, 0.15) is 36.9 Å². The zero-order chi connectivity index (χ0) is 13.4. The topological polar surface area (TPSA) is 43.5 Å². The van der Waals surface area contributed by atoms with E-state index in [0.717, 1.165) is 35.5 Å². The maximum atomic E-state index is 5.83. The molecule has 20 heavy (non-hydrogen) atoms. The molecule has 2 atom stereocenters. The zero-order valence-corrected chi connectivity index (χ0v) is 11.1. The molecule has 104 valence electrons. The highest BCUT2D eigenvalue weighted by atomic mass is 16.6. The van der Waals surface area contributed by atoms with E-state index in [2.05, 4.69) is 12.1 Å². The van der Waals surface area contributed by atoms with Gasteiger partial charge in [-0.2, -0.15) is 0 Å². The van der Waals surface area contributed by atoms with Gasteiger partial charge in [0, 0.05) is 10.8 Å². The third-order valence-electron chi connectivity index (χ3n) is 3.50. The fourth-order valence-electron chi connectivity index (χ4n) is 2.19. The van der Waals surface area contributed by atoms with E-state index in [1.54, 1.807) is 0 Å². The Kier molecular flexibility index (Phi) is 2.98. The van der Waals surface area contributed by atoms with Crippen LogP contribution in [-0.4, -0.2) is 38.6 Å². The molecule has 2 fully saturated rings. The molecule has 0 spiro atoms. The van der Waals surface area contributed by atoms with E-state index in [-0.39, 0.29) is 12.2 Å². The van der Waals surface area contributed by atoms with Gasteiger partial charge in [-0.15, -0.1) is 0 Å². The van der Waals surface area contributed by atoms with E-state index < -0.39 is 0 Å². The number of rotatable bonds is 6. The number of benzene rings is 2. The number of epoxide rings is 2. The molecule has 4 nitrogen and oxygen atoms in total. The summed E-state index contributed by atoms with van der Waals surface area (Å²) < 4.78 is 22.0. The Hall–Kier alpha value is -1.78. The third-order valence-corrected chi connectivity index (χ3v) is 3.50. The van der Waals surface area contributed by atoms with Crippen molar-refractivity contribution in [2.75, 3.05) is 26.4 Å². The minimum absolute atomic E-state index is 0.261. The second kappa shape index (κ2) is 4.96. The van der Waals surface area contributed by atoms with Gasteiger partial charge >= 0.3 is 0 Å². The van der Waals surface area contributed by atoms with Crippen molar-refractivity contribution in [3.63, 3.8) is 0 Å². The van der Waals surface area contributed by atoms with Crippen LogP contribution in [-0.2, 0) is 9.47 Å². The third kappa shape index (κ3) is 2.57. The van der Waals surface area contributed by atoms with Gasteiger partial charge in [-0.1, -0.05) is 24.3 Å². The van der Waals surface area contributed by atoms with Crippen LogP contribution in [0.15, 0.2) is 36.4 Å². The minimum atomic E-state index is 0.261. The molecule has 2 aliphatic heterocycles. The molecule has 2 saturated heterocycles. The fourth-order valence-corrected chi connectivity index (χ4v) is 2.19. The Morgan fingerprint density at radius 2 is 1.25 bits per heavy atom. The molecule has 0 aromatic heterocycles. The molecule has 4 rings (SSSR count). The molecule has 0 radical (unpaired) electrons. The summed E-state index contributed by atoms with van der Waals surface area (Å²) in [6.45, 7) is 2.83. The van der Waals surface area contributed by atoms with Crippen LogP contribution in [0.5, 0.6) is 11.5 Å². The Bertz CT molecular complexity index is 562. The number of ether oxygens (including phenoxy) is 4. The lowest BCUT2D eigenvalue weighted by Crippen LogP contribution is -2.06. The molecule has 2 aromatic rings. The van der Waals surface area contributed by atoms with Crippen LogP contribution in [0, 0.1) is 0 Å². The van der Waals surface area contributed by atoms with E-state index in [9.17, 15) is 0 Å². The fraction of sp³-hybridized carbons (Fsp3) is 0.375. The highest BCUT2D eigenvalue weighted by Gasteiger charge is 2.24. The highest BCUT2D eigenvalue weighted by molar-refractivity contribution is 5.93. The molecular formula is C16H16O4. The van der Waals surface area contributed by atoms with Gasteiger partial charge in [-0.3, -0.25) is 0 Å². The van der Waals surface area contributed by atoms with Gasteiger partial charge in [0.25, 0.3) is 0 Å². The Balaban J connectivity index is 1.61. The average Bonchev–Trinajstić information content (AvgIpc) is 3.38. The van der Waals surface area contributed by atoms with Gasteiger partial charge in [-0.05, 0) is 12.1 Å². The van der Waals surface area contributed by atoms with Gasteiger partial charge < -0.3 is 18.9 Å². The first-order valence-corrected chi connectivity index (χ1v) is 6.91. The lowest BCUT2D eigenvalue weighted by molar-refractivity contribution is 0.261. The molecule has 2 heterocycles. The Morgan fingerprint density at radius 1 is 0.800 bits per heavy atom. The van der Waals surface area contributed by atoms with Crippen LogP contribution in [0.1, 0.15) is 0 Å². The smallest absolute Gasteiger partial charge is 0.127 e. The molecule has 0 bridgehead atoms. The van der Waals surface area contributed by atoms with Crippen molar-refractivity contribution in [3.05, 3.63) is 36.4 Å². The van der Waals surface area contributed by atoms with Crippen molar-refractivity contribution in [2.45, 2.75) is 12.2 Å². The van der Waals surface area contributed by atoms with E-state index in [1.165, 1.54) is 0 Å². The van der Waals surface area contributed by atoms with E-state index in [0.29, 0.717) is 13.2 Å². The van der Waals surface area contributed by atoms with Gasteiger partial charge in [0.05, 0.1) is 13.2 Å². The summed E-state index contributed by atoms with van der Waals surface area (Å²) in [5.41, 5.74) is 0. The molecule has 4 heteroatoms. The lowest BCUT2D eigenvalue weighted by Gasteiger charge is -2.12.